The fourth-order valence-corrected chi connectivity index (χ4v) is 3.21. The molecule has 0 fully saturated rings. The number of hydrogen-bond donors (Lipinski definition) is 1. The van der Waals surface area contributed by atoms with Crippen LogP contribution < -0.4 is 9.88 Å². The molecular formula is C20H19NO5S. The summed E-state index contributed by atoms with van der Waals surface area (Å²) in [5.74, 6) is 0.132. The highest BCUT2D eigenvalue weighted by Gasteiger charge is 2.09. The zero-order chi connectivity index (χ0) is 19.3. The van der Waals surface area contributed by atoms with Crippen LogP contribution in [-0.4, -0.2) is 27.6 Å². The van der Waals surface area contributed by atoms with Crippen LogP contribution in [0, 0.1) is 0 Å². The summed E-state index contributed by atoms with van der Waals surface area (Å²) in [5.41, 5.74) is 0.914. The van der Waals surface area contributed by atoms with E-state index >= 15 is 0 Å². The zero-order valence-electron chi connectivity index (χ0n) is 14.5. The zero-order valence-corrected chi connectivity index (χ0v) is 15.3. The second kappa shape index (κ2) is 8.20. The van der Waals surface area contributed by atoms with E-state index in [1.807, 2.05) is 42.5 Å². The topological polar surface area (TPSA) is 95.7 Å². The van der Waals surface area contributed by atoms with Crippen molar-refractivity contribution >= 4 is 26.8 Å². The number of primary sulfonamides is 1. The van der Waals surface area contributed by atoms with Crippen LogP contribution >= 0.6 is 0 Å². The number of carbonyl (C=O) groups is 1. The van der Waals surface area contributed by atoms with E-state index in [0.29, 0.717) is 5.75 Å². The first-order valence-electron chi connectivity index (χ1n) is 8.31. The molecule has 3 aromatic carbocycles. The van der Waals surface area contributed by atoms with Crippen LogP contribution in [0.15, 0.2) is 71.6 Å². The smallest absolute Gasteiger partial charge is 0.310 e. The Kier molecular flexibility index (Phi) is 5.73. The Morgan fingerprint density at radius 3 is 2.33 bits per heavy atom. The molecule has 0 atom stereocenters. The molecule has 0 bridgehead atoms. The number of nitrogens with two attached hydrogens (primary N) is 1. The van der Waals surface area contributed by atoms with Gasteiger partial charge in [-0.25, -0.2) is 13.6 Å². The van der Waals surface area contributed by atoms with E-state index in [0.717, 1.165) is 16.3 Å². The third-order valence-electron chi connectivity index (χ3n) is 3.98. The van der Waals surface area contributed by atoms with E-state index in [-0.39, 0.29) is 30.5 Å². The Morgan fingerprint density at radius 1 is 0.889 bits per heavy atom. The van der Waals surface area contributed by atoms with E-state index < -0.39 is 10.0 Å². The lowest BCUT2D eigenvalue weighted by molar-refractivity contribution is -0.143. The molecule has 140 valence electrons. The highest BCUT2D eigenvalue weighted by atomic mass is 32.2. The standard InChI is InChI=1S/C20H19NO5S/c21-27(23,24)18-10-8-17(9-11-18)25-12-13-26-20(22)14-16-6-3-5-15-4-1-2-7-19(15)16/h1-11H,12-14H2,(H2,21,23,24). The average molecular weight is 385 g/mol. The van der Waals surface area contributed by atoms with Gasteiger partial charge in [0.2, 0.25) is 10.0 Å². The van der Waals surface area contributed by atoms with Crippen LogP contribution in [0.4, 0.5) is 0 Å². The first kappa shape index (κ1) is 18.9. The molecule has 3 rings (SSSR count). The molecule has 27 heavy (non-hydrogen) atoms. The van der Waals surface area contributed by atoms with Gasteiger partial charge in [0.1, 0.15) is 19.0 Å². The van der Waals surface area contributed by atoms with Gasteiger partial charge in [-0.2, -0.15) is 0 Å². The number of carbonyl (C=O) groups excluding carboxylic acids is 1. The van der Waals surface area contributed by atoms with Crippen molar-refractivity contribution in [1.29, 1.82) is 0 Å². The quantitative estimate of drug-likeness (QED) is 0.498. The molecule has 0 spiro atoms. The van der Waals surface area contributed by atoms with Crippen molar-refractivity contribution in [3.8, 4) is 5.75 Å². The van der Waals surface area contributed by atoms with Crippen molar-refractivity contribution in [3.05, 3.63) is 72.3 Å². The Morgan fingerprint density at radius 2 is 1.59 bits per heavy atom. The summed E-state index contributed by atoms with van der Waals surface area (Å²) in [6, 6.07) is 19.4. The first-order chi connectivity index (χ1) is 12.9. The lowest BCUT2D eigenvalue weighted by atomic mass is 10.0. The molecule has 0 unspecified atom stereocenters. The number of benzene rings is 3. The molecule has 0 aromatic heterocycles. The minimum Gasteiger partial charge on any atom is -0.490 e. The predicted octanol–water partition coefficient (Wildman–Crippen LogP) is 2.65. The van der Waals surface area contributed by atoms with Crippen LogP contribution in [0.25, 0.3) is 10.8 Å². The van der Waals surface area contributed by atoms with Gasteiger partial charge < -0.3 is 9.47 Å². The summed E-state index contributed by atoms with van der Waals surface area (Å²) in [6.45, 7) is 0.260. The molecule has 0 amide bonds. The van der Waals surface area contributed by atoms with Crippen molar-refractivity contribution in [2.24, 2.45) is 5.14 Å². The van der Waals surface area contributed by atoms with Gasteiger partial charge in [-0.15, -0.1) is 0 Å². The molecule has 0 aliphatic rings. The fraction of sp³-hybridized carbons (Fsp3) is 0.150. The first-order valence-corrected chi connectivity index (χ1v) is 9.86. The summed E-state index contributed by atoms with van der Waals surface area (Å²) in [5, 5.41) is 7.14. The molecule has 0 saturated heterocycles. The van der Waals surface area contributed by atoms with Gasteiger partial charge in [0.15, 0.2) is 0 Å². The molecule has 2 N–H and O–H groups in total. The van der Waals surface area contributed by atoms with Gasteiger partial charge in [-0.05, 0) is 40.6 Å². The van der Waals surface area contributed by atoms with Crippen LogP contribution in [0.3, 0.4) is 0 Å². The van der Waals surface area contributed by atoms with Crippen LogP contribution in [0.2, 0.25) is 0 Å². The highest BCUT2D eigenvalue weighted by molar-refractivity contribution is 7.89. The SMILES string of the molecule is NS(=O)(=O)c1ccc(OCCOC(=O)Cc2cccc3ccccc23)cc1. The van der Waals surface area contributed by atoms with Crippen molar-refractivity contribution in [3.63, 3.8) is 0 Å². The van der Waals surface area contributed by atoms with Gasteiger partial charge in [-0.3, -0.25) is 4.79 Å². The summed E-state index contributed by atoms with van der Waals surface area (Å²) < 4.78 is 33.0. The molecule has 3 aromatic rings. The lowest BCUT2D eigenvalue weighted by Crippen LogP contribution is -2.14. The molecule has 6 nitrogen and oxygen atoms in total. The van der Waals surface area contributed by atoms with E-state index in [1.165, 1.54) is 24.3 Å². The van der Waals surface area contributed by atoms with Gasteiger partial charge in [0.05, 0.1) is 11.3 Å². The van der Waals surface area contributed by atoms with Crippen molar-refractivity contribution in [1.82, 2.24) is 0 Å². The Balaban J connectivity index is 1.48. The Hall–Kier alpha value is -2.90. The normalized spacial score (nSPS) is 11.3. The number of ether oxygens (including phenoxy) is 2. The molecular weight excluding hydrogens is 366 g/mol. The molecule has 0 aliphatic heterocycles. The van der Waals surface area contributed by atoms with Crippen LogP contribution in [-0.2, 0) is 26.0 Å². The largest absolute Gasteiger partial charge is 0.490 e. The van der Waals surface area contributed by atoms with Gasteiger partial charge in [0, 0.05) is 0 Å². The number of hydrogen-bond acceptors (Lipinski definition) is 5. The minimum atomic E-state index is -3.73. The van der Waals surface area contributed by atoms with Crippen molar-refractivity contribution < 1.29 is 22.7 Å². The van der Waals surface area contributed by atoms with Gasteiger partial charge >= 0.3 is 5.97 Å². The van der Waals surface area contributed by atoms with Crippen molar-refractivity contribution in [2.45, 2.75) is 11.3 Å². The van der Waals surface area contributed by atoms with Gasteiger partial charge in [-0.1, -0.05) is 42.5 Å². The third kappa shape index (κ3) is 5.06. The monoisotopic (exact) mass is 385 g/mol. The maximum absolute atomic E-state index is 12.1. The van der Waals surface area contributed by atoms with E-state index in [1.54, 1.807) is 0 Å². The third-order valence-corrected chi connectivity index (χ3v) is 4.91. The number of esters is 1. The second-order valence-corrected chi connectivity index (χ2v) is 7.46. The van der Waals surface area contributed by atoms with E-state index in [2.05, 4.69) is 0 Å². The molecule has 0 heterocycles. The number of sulfonamides is 1. The van der Waals surface area contributed by atoms with Crippen LogP contribution in [0.1, 0.15) is 5.56 Å². The van der Waals surface area contributed by atoms with Crippen LogP contribution in [0.5, 0.6) is 5.75 Å². The Labute approximate surface area is 157 Å². The predicted molar refractivity (Wildman–Crippen MR) is 102 cm³/mol. The molecule has 7 heteroatoms. The molecule has 0 radical (unpaired) electrons. The second-order valence-electron chi connectivity index (χ2n) is 5.90. The lowest BCUT2D eigenvalue weighted by Gasteiger charge is -2.09. The maximum Gasteiger partial charge on any atom is 0.310 e. The van der Waals surface area contributed by atoms with E-state index in [9.17, 15) is 13.2 Å². The Bertz CT molecular complexity index is 1040. The molecule has 0 aliphatic carbocycles. The highest BCUT2D eigenvalue weighted by Crippen LogP contribution is 2.19. The summed E-state index contributed by atoms with van der Waals surface area (Å²) in [7, 11) is -3.73. The summed E-state index contributed by atoms with van der Waals surface area (Å²) in [4.78, 5) is 12.1. The van der Waals surface area contributed by atoms with E-state index in [4.69, 9.17) is 14.6 Å². The van der Waals surface area contributed by atoms with Crippen molar-refractivity contribution in [2.75, 3.05) is 13.2 Å². The summed E-state index contributed by atoms with van der Waals surface area (Å²) in [6.07, 6.45) is 0.185. The maximum atomic E-state index is 12.1. The molecule has 0 saturated carbocycles. The number of fused-ring (bicyclic) bond motifs is 1. The number of rotatable bonds is 7. The average Bonchev–Trinajstić information content (AvgIpc) is 2.65. The summed E-state index contributed by atoms with van der Waals surface area (Å²) >= 11 is 0. The van der Waals surface area contributed by atoms with Gasteiger partial charge in [0.25, 0.3) is 0 Å². The minimum absolute atomic E-state index is 0.0105. The fourth-order valence-electron chi connectivity index (χ4n) is 2.69.